The Morgan fingerprint density at radius 3 is 2.53 bits per heavy atom. The zero-order valence-corrected chi connectivity index (χ0v) is 9.46. The predicted molar refractivity (Wildman–Crippen MR) is 50.3 cm³/mol. The molecule has 80 valence electrons. The summed E-state index contributed by atoms with van der Waals surface area (Å²) in [5, 5.41) is 8.21. The van der Waals surface area contributed by atoms with Crippen LogP contribution in [0.25, 0.3) is 5.69 Å². The topological polar surface area (TPSA) is 68.8 Å². The fraction of sp³-hybridized carbons (Fsp3) is 0. The largest absolute Gasteiger partial charge is 1.00 e. The van der Waals surface area contributed by atoms with Crippen LogP contribution in [0, 0.1) is 0 Å². The molecule has 0 aliphatic rings. The normalized spacial score (nSPS) is 9.73. The van der Waals surface area contributed by atoms with Crippen LogP contribution in [0.15, 0.2) is 22.7 Å². The number of aromatic nitrogens is 3. The van der Waals surface area contributed by atoms with E-state index in [1.54, 1.807) is 18.2 Å². The monoisotopic (exact) mass is 266 g/mol. The summed E-state index contributed by atoms with van der Waals surface area (Å²) in [4.78, 5) is 1.22. The maximum absolute atomic E-state index is 5.81. The Hall–Kier alpha value is -1.04. The molecule has 2 N–H and O–H groups in total. The van der Waals surface area contributed by atoms with E-state index in [9.17, 15) is 0 Å². The minimum atomic E-state index is -0.0175. The number of hydrogen-bond acceptors (Lipinski definition) is 4. The van der Waals surface area contributed by atoms with Gasteiger partial charge in [-0.2, -0.15) is 0 Å². The molecule has 0 saturated heterocycles. The Bertz CT molecular complexity index is 473. The van der Waals surface area contributed by atoms with Crippen molar-refractivity contribution in [1.29, 1.82) is 0 Å². The number of anilines is 1. The number of benzene rings is 1. The van der Waals surface area contributed by atoms with Gasteiger partial charge < -0.3 is 18.1 Å². The van der Waals surface area contributed by atoms with Crippen LogP contribution in [0.3, 0.4) is 0 Å². The SMILES string of the molecule is Nc1n[n+](-c2ccc(Cl)c(Cl)c2)no1.[Cl-]. The van der Waals surface area contributed by atoms with Gasteiger partial charge in [0.15, 0.2) is 0 Å². The molecule has 8 heteroatoms. The first-order valence-corrected chi connectivity index (χ1v) is 4.39. The van der Waals surface area contributed by atoms with Crippen molar-refractivity contribution in [3.8, 4) is 5.69 Å². The molecular formula is C7H5Cl3N4O. The summed E-state index contributed by atoms with van der Waals surface area (Å²) in [7, 11) is 0. The second-order valence-electron chi connectivity index (χ2n) is 2.50. The highest BCUT2D eigenvalue weighted by atomic mass is 35.5. The van der Waals surface area contributed by atoms with Crippen molar-refractivity contribution >= 4 is 29.2 Å². The highest BCUT2D eigenvalue weighted by Crippen LogP contribution is 2.22. The molecule has 1 heterocycles. The standard InChI is InChI=1S/C7H5Cl2N4O.ClH/c8-5-2-1-4(3-6(5)9)13-11-7(10)14-12-13;/h1-3H,(H2,10,11,12);1H/q+1;/p-1. The van der Waals surface area contributed by atoms with Crippen LogP contribution in [-0.2, 0) is 0 Å². The highest BCUT2D eigenvalue weighted by Gasteiger charge is 2.16. The van der Waals surface area contributed by atoms with Crippen molar-refractivity contribution in [3.63, 3.8) is 0 Å². The van der Waals surface area contributed by atoms with Gasteiger partial charge in [0.05, 0.1) is 15.1 Å². The van der Waals surface area contributed by atoms with E-state index in [1.165, 1.54) is 4.80 Å². The summed E-state index contributed by atoms with van der Waals surface area (Å²) in [6, 6.07) is 4.93. The zero-order chi connectivity index (χ0) is 10.1. The van der Waals surface area contributed by atoms with Crippen LogP contribution in [-0.4, -0.2) is 10.4 Å². The molecule has 1 aromatic carbocycles. The Morgan fingerprint density at radius 1 is 1.27 bits per heavy atom. The number of rotatable bonds is 1. The average molecular weight is 268 g/mol. The molecule has 0 radical (unpaired) electrons. The number of hydrogen-bond donors (Lipinski definition) is 1. The molecule has 0 spiro atoms. The Kier molecular flexibility index (Phi) is 3.73. The molecule has 0 aliphatic heterocycles. The van der Waals surface area contributed by atoms with E-state index in [4.69, 9.17) is 28.9 Å². The summed E-state index contributed by atoms with van der Waals surface area (Å²) in [5.41, 5.74) is 5.89. The summed E-state index contributed by atoms with van der Waals surface area (Å²) in [6.45, 7) is 0. The van der Waals surface area contributed by atoms with Gasteiger partial charge in [0.1, 0.15) is 4.80 Å². The van der Waals surface area contributed by atoms with Gasteiger partial charge in [0.25, 0.3) is 5.69 Å². The first-order valence-electron chi connectivity index (χ1n) is 3.64. The first kappa shape index (κ1) is 12.0. The lowest BCUT2D eigenvalue weighted by Crippen LogP contribution is -3.00. The van der Waals surface area contributed by atoms with Gasteiger partial charge in [-0.3, -0.25) is 4.52 Å². The number of nitrogens with zero attached hydrogens (tertiary/aromatic N) is 3. The average Bonchev–Trinajstić information content (AvgIpc) is 2.57. The molecule has 0 amide bonds. The summed E-state index contributed by atoms with van der Waals surface area (Å²) >= 11 is 11.6. The molecule has 0 atom stereocenters. The smallest absolute Gasteiger partial charge is 0.387 e. The van der Waals surface area contributed by atoms with Gasteiger partial charge in [-0.1, -0.05) is 23.2 Å². The van der Waals surface area contributed by atoms with Crippen molar-refractivity contribution in [2.45, 2.75) is 0 Å². The lowest BCUT2D eigenvalue weighted by atomic mass is 10.3. The van der Waals surface area contributed by atoms with Crippen LogP contribution in [0.2, 0.25) is 10.0 Å². The fourth-order valence-electron chi connectivity index (χ4n) is 0.925. The quantitative estimate of drug-likeness (QED) is 0.622. The van der Waals surface area contributed by atoms with Gasteiger partial charge in [-0.25, -0.2) is 0 Å². The fourth-order valence-corrected chi connectivity index (χ4v) is 1.22. The lowest BCUT2D eigenvalue weighted by Gasteiger charge is -1.91. The van der Waals surface area contributed by atoms with E-state index in [2.05, 4.69) is 14.9 Å². The molecule has 0 fully saturated rings. The molecular weight excluding hydrogens is 262 g/mol. The van der Waals surface area contributed by atoms with Crippen LogP contribution in [0.4, 0.5) is 6.01 Å². The van der Waals surface area contributed by atoms with Gasteiger partial charge >= 0.3 is 6.01 Å². The molecule has 0 saturated carbocycles. The van der Waals surface area contributed by atoms with Gasteiger partial charge in [0, 0.05) is 12.1 Å². The molecule has 2 aromatic rings. The molecule has 0 unspecified atom stereocenters. The van der Waals surface area contributed by atoms with Crippen molar-refractivity contribution in [2.24, 2.45) is 0 Å². The molecule has 2 rings (SSSR count). The molecule has 15 heavy (non-hydrogen) atoms. The number of nitrogen functional groups attached to an aromatic ring is 1. The van der Waals surface area contributed by atoms with E-state index < -0.39 is 0 Å². The molecule has 0 bridgehead atoms. The molecule has 0 aliphatic carbocycles. The van der Waals surface area contributed by atoms with E-state index in [1.807, 2.05) is 0 Å². The molecule has 5 nitrogen and oxygen atoms in total. The predicted octanol–water partition coefficient (Wildman–Crippen LogP) is -1.76. The summed E-state index contributed by atoms with van der Waals surface area (Å²) in [5.74, 6) is 0. The third-order valence-electron chi connectivity index (χ3n) is 1.54. The minimum Gasteiger partial charge on any atom is -1.00 e. The van der Waals surface area contributed by atoms with E-state index in [0.29, 0.717) is 15.7 Å². The van der Waals surface area contributed by atoms with Crippen LogP contribution in [0.5, 0.6) is 0 Å². The number of halogens is 3. The lowest BCUT2D eigenvalue weighted by molar-refractivity contribution is -0.724. The third-order valence-corrected chi connectivity index (χ3v) is 2.28. The Labute approximate surface area is 101 Å². The summed E-state index contributed by atoms with van der Waals surface area (Å²) in [6.07, 6.45) is 0. The first-order chi connectivity index (χ1) is 6.66. The van der Waals surface area contributed by atoms with Gasteiger partial charge in [-0.15, -0.1) is 0 Å². The zero-order valence-electron chi connectivity index (χ0n) is 7.19. The maximum atomic E-state index is 5.81. The highest BCUT2D eigenvalue weighted by molar-refractivity contribution is 6.42. The van der Waals surface area contributed by atoms with Crippen molar-refractivity contribution in [3.05, 3.63) is 28.2 Å². The minimum absolute atomic E-state index is 0. The second kappa shape index (κ2) is 4.65. The second-order valence-corrected chi connectivity index (χ2v) is 3.31. The summed E-state index contributed by atoms with van der Waals surface area (Å²) < 4.78 is 4.59. The van der Waals surface area contributed by atoms with E-state index in [0.717, 1.165) is 0 Å². The van der Waals surface area contributed by atoms with Crippen molar-refractivity contribution in [2.75, 3.05) is 5.73 Å². The number of nitrogens with two attached hydrogens (primary N) is 1. The van der Waals surface area contributed by atoms with Crippen molar-refractivity contribution < 1.29 is 21.7 Å². The van der Waals surface area contributed by atoms with Crippen LogP contribution in [0.1, 0.15) is 0 Å². The van der Waals surface area contributed by atoms with E-state index in [-0.39, 0.29) is 18.4 Å². The van der Waals surface area contributed by atoms with Crippen LogP contribution < -0.4 is 22.9 Å². The molecule has 1 aromatic heterocycles. The Balaban J connectivity index is 0.00000112. The third kappa shape index (κ3) is 2.50. The van der Waals surface area contributed by atoms with Gasteiger partial charge in [0.2, 0.25) is 5.27 Å². The van der Waals surface area contributed by atoms with Crippen LogP contribution >= 0.6 is 23.2 Å². The maximum Gasteiger partial charge on any atom is 0.387 e. The van der Waals surface area contributed by atoms with Crippen molar-refractivity contribution in [1.82, 2.24) is 10.4 Å². The Morgan fingerprint density at radius 2 is 2.00 bits per heavy atom. The van der Waals surface area contributed by atoms with Gasteiger partial charge in [-0.05, 0) is 6.07 Å². The van der Waals surface area contributed by atoms with E-state index >= 15 is 0 Å².